The third-order valence-corrected chi connectivity index (χ3v) is 3.75. The Bertz CT molecular complexity index is 789. The molecule has 3 aromatic rings. The number of rotatable bonds is 4. The van der Waals surface area contributed by atoms with Gasteiger partial charge in [0.1, 0.15) is 0 Å². The molecule has 2 heterocycles. The fraction of sp³-hybridized carbons (Fsp3) is 0.0667. The van der Waals surface area contributed by atoms with Crippen LogP contribution in [-0.4, -0.2) is 21.1 Å². The Morgan fingerprint density at radius 3 is 2.86 bits per heavy atom. The molecule has 0 unspecified atom stereocenters. The highest BCUT2D eigenvalue weighted by Crippen LogP contribution is 2.16. The summed E-state index contributed by atoms with van der Waals surface area (Å²) in [5.41, 5.74) is 1.25. The van der Waals surface area contributed by atoms with Crippen LogP contribution >= 0.6 is 22.6 Å². The molecule has 0 aliphatic carbocycles. The Morgan fingerprint density at radius 2 is 2.09 bits per heavy atom. The number of halogens is 1. The average Bonchev–Trinajstić information content (AvgIpc) is 3.03. The number of ether oxygens (including phenoxy) is 1. The van der Waals surface area contributed by atoms with Crippen LogP contribution in [0, 0.1) is 3.57 Å². The first-order chi connectivity index (χ1) is 10.7. The minimum atomic E-state index is -0.425. The van der Waals surface area contributed by atoms with Crippen molar-refractivity contribution in [2.45, 2.75) is 6.61 Å². The molecule has 110 valence electrons. The van der Waals surface area contributed by atoms with E-state index in [-0.39, 0.29) is 12.5 Å². The number of hydrogen-bond acceptors (Lipinski definition) is 6. The van der Waals surface area contributed by atoms with Crippen LogP contribution in [0.2, 0.25) is 0 Å². The lowest BCUT2D eigenvalue weighted by Gasteiger charge is -2.03. The van der Waals surface area contributed by atoms with Crippen LogP contribution < -0.4 is 0 Å². The molecular formula is C15H10IN3O3. The second kappa shape index (κ2) is 6.65. The van der Waals surface area contributed by atoms with Crippen LogP contribution in [-0.2, 0) is 11.3 Å². The Labute approximate surface area is 139 Å². The number of carbonyl (C=O) groups is 1. The molecule has 0 fully saturated rings. The topological polar surface area (TPSA) is 78.1 Å². The molecule has 0 aliphatic rings. The van der Waals surface area contributed by atoms with Crippen molar-refractivity contribution >= 4 is 28.6 Å². The Kier molecular flexibility index (Phi) is 4.42. The van der Waals surface area contributed by atoms with E-state index in [1.807, 2.05) is 18.2 Å². The Balaban J connectivity index is 1.67. The van der Waals surface area contributed by atoms with Crippen molar-refractivity contribution in [1.82, 2.24) is 15.1 Å². The van der Waals surface area contributed by atoms with E-state index >= 15 is 0 Å². The molecular weight excluding hydrogens is 397 g/mol. The third kappa shape index (κ3) is 3.30. The van der Waals surface area contributed by atoms with Gasteiger partial charge in [-0.1, -0.05) is 17.3 Å². The molecule has 1 aromatic carbocycles. The van der Waals surface area contributed by atoms with Gasteiger partial charge in [0.25, 0.3) is 5.89 Å². The van der Waals surface area contributed by atoms with E-state index in [1.165, 1.54) is 0 Å². The number of carbonyl (C=O) groups excluding carboxylic acids is 1. The van der Waals surface area contributed by atoms with Crippen LogP contribution in [0.1, 0.15) is 16.2 Å². The fourth-order valence-electron chi connectivity index (χ4n) is 1.76. The lowest BCUT2D eigenvalue weighted by molar-refractivity contribution is 0.0428. The largest absolute Gasteiger partial charge is 0.452 e. The van der Waals surface area contributed by atoms with Crippen molar-refractivity contribution in [3.05, 3.63) is 63.8 Å². The van der Waals surface area contributed by atoms with Gasteiger partial charge in [0.15, 0.2) is 6.61 Å². The Hall–Kier alpha value is -2.29. The molecule has 0 radical (unpaired) electrons. The van der Waals surface area contributed by atoms with E-state index < -0.39 is 5.97 Å². The summed E-state index contributed by atoms with van der Waals surface area (Å²) in [5.74, 6) is 0.220. The molecule has 6 nitrogen and oxygen atoms in total. The van der Waals surface area contributed by atoms with Crippen LogP contribution in [0.15, 0.2) is 53.3 Å². The predicted molar refractivity (Wildman–Crippen MR) is 85.8 cm³/mol. The first-order valence-corrected chi connectivity index (χ1v) is 7.46. The second-order valence-corrected chi connectivity index (χ2v) is 5.47. The molecule has 0 saturated heterocycles. The van der Waals surface area contributed by atoms with Gasteiger partial charge in [-0.05, 0) is 46.9 Å². The van der Waals surface area contributed by atoms with Crippen LogP contribution in [0.3, 0.4) is 0 Å². The van der Waals surface area contributed by atoms with Crippen LogP contribution in [0.5, 0.6) is 0 Å². The molecule has 0 N–H and O–H groups in total. The predicted octanol–water partition coefficient (Wildman–Crippen LogP) is 3.09. The minimum absolute atomic E-state index is 0.0724. The summed E-state index contributed by atoms with van der Waals surface area (Å²) in [5, 5.41) is 3.84. The third-order valence-electron chi connectivity index (χ3n) is 2.81. The van der Waals surface area contributed by atoms with Gasteiger partial charge in [0.05, 0.1) is 5.56 Å². The molecule has 0 amide bonds. The van der Waals surface area contributed by atoms with Crippen molar-refractivity contribution in [1.29, 1.82) is 0 Å². The highest BCUT2D eigenvalue weighted by atomic mass is 127. The van der Waals surface area contributed by atoms with Gasteiger partial charge in [0, 0.05) is 21.5 Å². The van der Waals surface area contributed by atoms with Crippen molar-refractivity contribution in [3.8, 4) is 11.4 Å². The molecule has 0 spiro atoms. The summed E-state index contributed by atoms with van der Waals surface area (Å²) < 4.78 is 11.1. The number of hydrogen-bond donors (Lipinski definition) is 0. The molecule has 7 heteroatoms. The van der Waals surface area contributed by atoms with Crippen molar-refractivity contribution in [3.63, 3.8) is 0 Å². The summed E-state index contributed by atoms with van der Waals surface area (Å²) in [4.78, 5) is 20.1. The molecule has 0 atom stereocenters. The summed E-state index contributed by atoms with van der Waals surface area (Å²) >= 11 is 2.08. The van der Waals surface area contributed by atoms with Gasteiger partial charge in [-0.25, -0.2) is 4.79 Å². The van der Waals surface area contributed by atoms with Crippen molar-refractivity contribution in [2.24, 2.45) is 0 Å². The first-order valence-electron chi connectivity index (χ1n) is 6.38. The number of nitrogens with zero attached hydrogens (tertiary/aromatic N) is 3. The molecule has 0 bridgehead atoms. The first kappa shape index (κ1) is 14.6. The lowest BCUT2D eigenvalue weighted by atomic mass is 10.2. The second-order valence-electron chi connectivity index (χ2n) is 4.31. The zero-order valence-electron chi connectivity index (χ0n) is 11.3. The van der Waals surface area contributed by atoms with E-state index in [2.05, 4.69) is 37.7 Å². The number of pyridine rings is 1. The number of esters is 1. The van der Waals surface area contributed by atoms with Gasteiger partial charge in [-0.15, -0.1) is 0 Å². The van der Waals surface area contributed by atoms with Crippen LogP contribution in [0.25, 0.3) is 11.4 Å². The van der Waals surface area contributed by atoms with Gasteiger partial charge >= 0.3 is 5.97 Å². The maximum atomic E-state index is 12.0. The van der Waals surface area contributed by atoms with Gasteiger partial charge in [-0.2, -0.15) is 4.98 Å². The zero-order chi connectivity index (χ0) is 15.4. The molecule has 2 aromatic heterocycles. The molecule has 0 aliphatic heterocycles. The zero-order valence-corrected chi connectivity index (χ0v) is 13.4. The monoisotopic (exact) mass is 407 g/mol. The van der Waals surface area contributed by atoms with Gasteiger partial charge in [-0.3, -0.25) is 4.98 Å². The maximum Gasteiger partial charge on any atom is 0.339 e. The van der Waals surface area contributed by atoms with E-state index in [0.29, 0.717) is 11.4 Å². The summed E-state index contributed by atoms with van der Waals surface area (Å²) in [6.07, 6.45) is 3.29. The summed E-state index contributed by atoms with van der Waals surface area (Å²) in [6.45, 7) is -0.0724. The number of aromatic nitrogens is 3. The molecule has 3 rings (SSSR count). The fourth-order valence-corrected chi connectivity index (χ4v) is 2.37. The highest BCUT2D eigenvalue weighted by Gasteiger charge is 2.14. The van der Waals surface area contributed by atoms with Crippen LogP contribution in [0.4, 0.5) is 0 Å². The normalized spacial score (nSPS) is 10.4. The van der Waals surface area contributed by atoms with Crippen molar-refractivity contribution < 1.29 is 14.1 Å². The van der Waals surface area contributed by atoms with Gasteiger partial charge in [0.2, 0.25) is 5.82 Å². The molecule has 22 heavy (non-hydrogen) atoms. The van der Waals surface area contributed by atoms with E-state index in [9.17, 15) is 4.79 Å². The summed E-state index contributed by atoms with van der Waals surface area (Å²) in [6, 6.07) is 10.8. The highest BCUT2D eigenvalue weighted by molar-refractivity contribution is 14.1. The van der Waals surface area contributed by atoms with Crippen molar-refractivity contribution in [2.75, 3.05) is 0 Å². The van der Waals surface area contributed by atoms with E-state index in [4.69, 9.17) is 9.26 Å². The van der Waals surface area contributed by atoms with E-state index in [0.717, 1.165) is 9.13 Å². The Morgan fingerprint density at radius 1 is 1.23 bits per heavy atom. The smallest absolute Gasteiger partial charge is 0.339 e. The van der Waals surface area contributed by atoms with Gasteiger partial charge < -0.3 is 9.26 Å². The minimum Gasteiger partial charge on any atom is -0.452 e. The standard InChI is InChI=1S/C15H10IN3O3/c16-12-6-2-1-5-11(12)15(20)21-9-13-18-14(19-22-13)10-4-3-7-17-8-10/h1-8H,9H2. The number of benzene rings is 1. The summed E-state index contributed by atoms with van der Waals surface area (Å²) in [7, 11) is 0. The maximum absolute atomic E-state index is 12.0. The quantitative estimate of drug-likeness (QED) is 0.489. The molecule has 0 saturated carbocycles. The lowest BCUT2D eigenvalue weighted by Crippen LogP contribution is -2.07. The SMILES string of the molecule is O=C(OCc1nc(-c2cccnc2)no1)c1ccccc1I. The van der Waals surface area contributed by atoms with E-state index in [1.54, 1.807) is 30.6 Å². The average molecular weight is 407 g/mol.